The van der Waals surface area contributed by atoms with E-state index < -0.39 is 7.82 Å². The zero-order valence-corrected chi connectivity index (χ0v) is 19.5. The third-order valence-corrected chi connectivity index (χ3v) is 4.99. The fourth-order valence-corrected chi connectivity index (χ4v) is 3.17. The van der Waals surface area contributed by atoms with Crippen molar-refractivity contribution < 1.29 is 18.9 Å². The van der Waals surface area contributed by atoms with Crippen LogP contribution in [-0.2, 0) is 9.09 Å². The molecule has 0 radical (unpaired) electrons. The monoisotopic (exact) mass is 409 g/mol. The van der Waals surface area contributed by atoms with Crippen molar-refractivity contribution in [1.29, 1.82) is 0 Å². The molecule has 0 aliphatic heterocycles. The topological polar surface area (TPSA) is 70.0 Å². The van der Waals surface area contributed by atoms with E-state index in [1.165, 1.54) is 83.6 Å². The first-order valence-electron chi connectivity index (χ1n) is 11.2. The number of unbranched alkanes of at least 4 members (excludes halogenated alkanes) is 13. The lowest BCUT2D eigenvalue weighted by Crippen LogP contribution is -2.12. The SMILES string of the molecule is CCCCCCCCCCCCN(C)C.CCCCCCCOP(=O)(O)O. The van der Waals surface area contributed by atoms with Gasteiger partial charge in [0.2, 0.25) is 0 Å². The predicted octanol–water partition coefficient (Wildman–Crippen LogP) is 6.54. The van der Waals surface area contributed by atoms with Gasteiger partial charge >= 0.3 is 7.82 Å². The summed E-state index contributed by atoms with van der Waals surface area (Å²) < 4.78 is 14.5. The molecule has 0 spiro atoms. The summed E-state index contributed by atoms with van der Waals surface area (Å²) in [5.74, 6) is 0. The Morgan fingerprint density at radius 3 is 1.41 bits per heavy atom. The molecule has 0 fully saturated rings. The summed E-state index contributed by atoms with van der Waals surface area (Å²) in [5.41, 5.74) is 0. The highest BCUT2D eigenvalue weighted by Crippen LogP contribution is 2.35. The van der Waals surface area contributed by atoms with Crippen LogP contribution in [0.15, 0.2) is 0 Å². The minimum Gasteiger partial charge on any atom is -0.309 e. The van der Waals surface area contributed by atoms with Crippen LogP contribution in [-0.4, -0.2) is 41.9 Å². The maximum Gasteiger partial charge on any atom is 0.469 e. The van der Waals surface area contributed by atoms with E-state index in [1.54, 1.807) is 0 Å². The molecule has 6 heteroatoms. The molecule has 166 valence electrons. The molecule has 5 nitrogen and oxygen atoms in total. The van der Waals surface area contributed by atoms with Crippen LogP contribution < -0.4 is 0 Å². The van der Waals surface area contributed by atoms with Gasteiger partial charge in [-0.05, 0) is 33.5 Å². The Morgan fingerprint density at radius 1 is 0.667 bits per heavy atom. The average Bonchev–Trinajstić information content (AvgIpc) is 2.59. The molecule has 0 aliphatic rings. The third kappa shape index (κ3) is 34.0. The van der Waals surface area contributed by atoms with Crippen LogP contribution >= 0.6 is 7.82 Å². The second kappa shape index (κ2) is 22.4. The summed E-state index contributed by atoms with van der Waals surface area (Å²) in [5, 5.41) is 0. The van der Waals surface area contributed by atoms with E-state index >= 15 is 0 Å². The van der Waals surface area contributed by atoms with Crippen LogP contribution in [0.1, 0.15) is 110 Å². The molecule has 0 atom stereocenters. The first kappa shape index (κ1) is 29.3. The Balaban J connectivity index is 0. The molecule has 2 N–H and O–H groups in total. The molecule has 0 aromatic rings. The van der Waals surface area contributed by atoms with Crippen LogP contribution in [0.5, 0.6) is 0 Å². The number of nitrogens with zero attached hydrogens (tertiary/aromatic N) is 1. The smallest absolute Gasteiger partial charge is 0.309 e. The second-order valence-corrected chi connectivity index (χ2v) is 8.96. The molecular weight excluding hydrogens is 361 g/mol. The molecule has 0 aromatic carbocycles. The third-order valence-electron chi connectivity index (χ3n) is 4.47. The van der Waals surface area contributed by atoms with Crippen molar-refractivity contribution in [3.8, 4) is 0 Å². The number of phosphoric acid groups is 1. The van der Waals surface area contributed by atoms with E-state index in [9.17, 15) is 4.57 Å². The van der Waals surface area contributed by atoms with Crippen molar-refractivity contribution in [2.75, 3.05) is 27.2 Å². The molecule has 0 rings (SSSR count). The molecule has 27 heavy (non-hydrogen) atoms. The normalized spacial score (nSPS) is 11.5. The van der Waals surface area contributed by atoms with E-state index in [-0.39, 0.29) is 6.61 Å². The molecule has 0 amide bonds. The summed E-state index contributed by atoms with van der Waals surface area (Å²) in [4.78, 5) is 18.9. The van der Waals surface area contributed by atoms with Gasteiger partial charge in [-0.1, -0.05) is 97.3 Å². The van der Waals surface area contributed by atoms with E-state index in [2.05, 4.69) is 37.4 Å². The molecule has 0 aromatic heterocycles. The van der Waals surface area contributed by atoms with Crippen molar-refractivity contribution in [2.24, 2.45) is 0 Å². The van der Waals surface area contributed by atoms with Gasteiger partial charge in [0, 0.05) is 0 Å². The number of hydrogen-bond donors (Lipinski definition) is 2. The van der Waals surface area contributed by atoms with Gasteiger partial charge in [0.15, 0.2) is 0 Å². The van der Waals surface area contributed by atoms with Crippen molar-refractivity contribution in [1.82, 2.24) is 4.90 Å². The maximum absolute atomic E-state index is 10.2. The van der Waals surface area contributed by atoms with Crippen LogP contribution in [0.2, 0.25) is 0 Å². The van der Waals surface area contributed by atoms with Gasteiger partial charge in [0.05, 0.1) is 6.61 Å². The highest BCUT2D eigenvalue weighted by atomic mass is 31.2. The number of hydrogen-bond acceptors (Lipinski definition) is 3. The first-order valence-corrected chi connectivity index (χ1v) is 12.7. The Bertz CT molecular complexity index is 321. The molecule has 0 heterocycles. The van der Waals surface area contributed by atoms with E-state index in [1.807, 2.05) is 0 Å². The summed E-state index contributed by atoms with van der Waals surface area (Å²) in [6, 6.07) is 0. The molecule has 0 saturated carbocycles. The van der Waals surface area contributed by atoms with Gasteiger partial charge in [0.25, 0.3) is 0 Å². The van der Waals surface area contributed by atoms with Gasteiger partial charge in [-0.3, -0.25) is 4.52 Å². The summed E-state index contributed by atoms with van der Waals surface area (Å²) in [6.07, 6.45) is 19.5. The van der Waals surface area contributed by atoms with Gasteiger partial charge in [-0.25, -0.2) is 4.57 Å². The Kier molecular flexibility index (Phi) is 24.2. The van der Waals surface area contributed by atoms with E-state index in [0.29, 0.717) is 0 Å². The Hall–Kier alpha value is 0.0700. The van der Waals surface area contributed by atoms with Gasteiger partial charge in [-0.15, -0.1) is 0 Å². The Labute approximate surface area is 169 Å². The maximum atomic E-state index is 10.2. The van der Waals surface area contributed by atoms with Crippen LogP contribution in [0.25, 0.3) is 0 Å². The molecular formula is C21H48NO4P. The first-order chi connectivity index (χ1) is 12.8. The fraction of sp³-hybridized carbons (Fsp3) is 1.00. The zero-order valence-electron chi connectivity index (χ0n) is 18.6. The average molecular weight is 410 g/mol. The second-order valence-electron chi connectivity index (χ2n) is 7.72. The van der Waals surface area contributed by atoms with Gasteiger partial charge in [-0.2, -0.15) is 0 Å². The van der Waals surface area contributed by atoms with E-state index in [4.69, 9.17) is 9.79 Å². The van der Waals surface area contributed by atoms with Crippen molar-refractivity contribution in [2.45, 2.75) is 110 Å². The lowest BCUT2D eigenvalue weighted by molar-refractivity contribution is 0.193. The molecule has 0 saturated heterocycles. The number of rotatable bonds is 18. The summed E-state index contributed by atoms with van der Waals surface area (Å²) >= 11 is 0. The highest BCUT2D eigenvalue weighted by Gasteiger charge is 2.12. The quantitative estimate of drug-likeness (QED) is 0.199. The van der Waals surface area contributed by atoms with E-state index in [0.717, 1.165) is 19.3 Å². The van der Waals surface area contributed by atoms with Gasteiger partial charge < -0.3 is 14.7 Å². The van der Waals surface area contributed by atoms with Crippen molar-refractivity contribution >= 4 is 7.82 Å². The fourth-order valence-electron chi connectivity index (χ4n) is 2.80. The predicted molar refractivity (Wildman–Crippen MR) is 117 cm³/mol. The zero-order chi connectivity index (χ0) is 20.8. The van der Waals surface area contributed by atoms with Crippen LogP contribution in [0.3, 0.4) is 0 Å². The van der Waals surface area contributed by atoms with Gasteiger partial charge in [0.1, 0.15) is 0 Å². The molecule has 0 aliphatic carbocycles. The summed E-state index contributed by atoms with van der Waals surface area (Å²) in [7, 11) is 0.0996. The minimum absolute atomic E-state index is 0.161. The van der Waals surface area contributed by atoms with Crippen LogP contribution in [0.4, 0.5) is 0 Å². The molecule has 0 unspecified atom stereocenters. The molecule has 0 bridgehead atoms. The lowest BCUT2D eigenvalue weighted by atomic mass is 10.1. The highest BCUT2D eigenvalue weighted by molar-refractivity contribution is 7.46. The largest absolute Gasteiger partial charge is 0.469 e. The minimum atomic E-state index is -4.22. The lowest BCUT2D eigenvalue weighted by Gasteiger charge is -2.08. The van der Waals surface area contributed by atoms with Crippen molar-refractivity contribution in [3.05, 3.63) is 0 Å². The summed E-state index contributed by atoms with van der Waals surface area (Å²) in [6.45, 7) is 5.82. The van der Waals surface area contributed by atoms with Crippen molar-refractivity contribution in [3.63, 3.8) is 0 Å². The standard InChI is InChI=1S/C14H31N.C7H17O4P/c1-4-5-6-7-8-9-10-11-12-13-14-15(2)3;1-2-3-4-5-6-7-11-12(8,9)10/h4-14H2,1-3H3;2-7H2,1H3,(H2,8,9,10). The Morgan fingerprint density at radius 2 is 1.04 bits per heavy atom. The number of phosphoric ester groups is 1. The van der Waals surface area contributed by atoms with Crippen LogP contribution in [0, 0.1) is 0 Å².